The van der Waals surface area contributed by atoms with Crippen LogP contribution in [0.25, 0.3) is 0 Å². The van der Waals surface area contributed by atoms with Gasteiger partial charge in [0.25, 0.3) is 5.91 Å². The summed E-state index contributed by atoms with van der Waals surface area (Å²) in [5, 5.41) is 0. The number of hydrogen-bond acceptors (Lipinski definition) is 3. The number of amides is 1. The topological polar surface area (TPSA) is 38.8 Å². The lowest BCUT2D eigenvalue weighted by molar-refractivity contribution is 0.0784. The first-order valence-electron chi connectivity index (χ1n) is 8.69. The number of hydrogen-bond donors (Lipinski definition) is 0. The molecule has 0 aliphatic heterocycles. The van der Waals surface area contributed by atoms with Crippen molar-refractivity contribution in [2.45, 2.75) is 27.3 Å². The van der Waals surface area contributed by atoms with Gasteiger partial charge in [0.1, 0.15) is 11.5 Å². The monoisotopic (exact) mass is 341 g/mol. The van der Waals surface area contributed by atoms with Crippen molar-refractivity contribution >= 4 is 5.91 Å². The van der Waals surface area contributed by atoms with Gasteiger partial charge in [-0.2, -0.15) is 0 Å². The van der Waals surface area contributed by atoms with Crippen LogP contribution in [0.15, 0.2) is 48.5 Å². The maximum absolute atomic E-state index is 12.7. The van der Waals surface area contributed by atoms with E-state index in [0.717, 1.165) is 17.1 Å². The Kier molecular flexibility index (Phi) is 6.87. The number of nitrogens with zero attached hydrogens (tertiary/aromatic N) is 1. The van der Waals surface area contributed by atoms with Crippen molar-refractivity contribution in [1.82, 2.24) is 4.90 Å². The Hall–Kier alpha value is -2.49. The maximum Gasteiger partial charge on any atom is 0.254 e. The smallest absolute Gasteiger partial charge is 0.254 e. The van der Waals surface area contributed by atoms with Crippen molar-refractivity contribution in [3.8, 4) is 11.5 Å². The first kappa shape index (κ1) is 18.8. The summed E-state index contributed by atoms with van der Waals surface area (Å²) >= 11 is 0. The van der Waals surface area contributed by atoms with Crippen LogP contribution in [-0.4, -0.2) is 31.1 Å². The predicted molar refractivity (Wildman–Crippen MR) is 100 cm³/mol. The molecule has 0 atom stereocenters. The highest BCUT2D eigenvalue weighted by Crippen LogP contribution is 2.17. The van der Waals surface area contributed by atoms with Crippen molar-refractivity contribution in [2.75, 3.05) is 20.3 Å². The van der Waals surface area contributed by atoms with E-state index in [9.17, 15) is 4.79 Å². The van der Waals surface area contributed by atoms with Gasteiger partial charge < -0.3 is 14.4 Å². The van der Waals surface area contributed by atoms with Crippen molar-refractivity contribution in [3.05, 3.63) is 59.7 Å². The third-order valence-corrected chi connectivity index (χ3v) is 3.67. The van der Waals surface area contributed by atoms with E-state index in [1.807, 2.05) is 49.4 Å². The van der Waals surface area contributed by atoms with Crippen molar-refractivity contribution in [2.24, 2.45) is 5.92 Å². The lowest BCUT2D eigenvalue weighted by Crippen LogP contribution is -2.26. The zero-order valence-electron chi connectivity index (χ0n) is 15.5. The summed E-state index contributed by atoms with van der Waals surface area (Å²) in [7, 11) is 1.81. The third-order valence-electron chi connectivity index (χ3n) is 3.67. The number of benzene rings is 2. The van der Waals surface area contributed by atoms with E-state index in [0.29, 0.717) is 31.2 Å². The van der Waals surface area contributed by atoms with Crippen LogP contribution < -0.4 is 9.47 Å². The molecule has 0 saturated carbocycles. The second-order valence-corrected chi connectivity index (χ2v) is 6.47. The Morgan fingerprint density at radius 3 is 2.40 bits per heavy atom. The number of carbonyl (C=O) groups excluding carboxylic acids is 1. The molecule has 2 rings (SSSR count). The van der Waals surface area contributed by atoms with E-state index < -0.39 is 0 Å². The zero-order chi connectivity index (χ0) is 18.2. The van der Waals surface area contributed by atoms with E-state index in [-0.39, 0.29) is 5.91 Å². The van der Waals surface area contributed by atoms with E-state index in [2.05, 4.69) is 13.8 Å². The van der Waals surface area contributed by atoms with Crippen LogP contribution in [0.3, 0.4) is 0 Å². The van der Waals surface area contributed by atoms with Crippen LogP contribution in [0, 0.1) is 5.92 Å². The van der Waals surface area contributed by atoms with E-state index in [1.54, 1.807) is 18.0 Å². The molecular formula is C21H27NO3. The SMILES string of the molecule is CCOc1ccc(CN(C)C(=O)c2cccc(OCC(C)C)c2)cc1. The minimum absolute atomic E-state index is 0.0242. The Morgan fingerprint density at radius 2 is 1.76 bits per heavy atom. The summed E-state index contributed by atoms with van der Waals surface area (Å²) in [5.74, 6) is 2.00. The molecule has 0 aliphatic rings. The lowest BCUT2D eigenvalue weighted by atomic mass is 10.1. The molecule has 0 aromatic heterocycles. The number of rotatable bonds is 8. The van der Waals surface area contributed by atoms with Crippen LogP contribution in [0.2, 0.25) is 0 Å². The second-order valence-electron chi connectivity index (χ2n) is 6.47. The molecule has 0 saturated heterocycles. The quantitative estimate of drug-likeness (QED) is 0.715. The van der Waals surface area contributed by atoms with Gasteiger partial charge in [-0.3, -0.25) is 4.79 Å². The van der Waals surface area contributed by atoms with Gasteiger partial charge in [0.2, 0.25) is 0 Å². The molecule has 2 aromatic carbocycles. The normalized spacial score (nSPS) is 10.6. The van der Waals surface area contributed by atoms with Gasteiger partial charge in [-0.25, -0.2) is 0 Å². The highest BCUT2D eigenvalue weighted by molar-refractivity contribution is 5.94. The van der Waals surface area contributed by atoms with Gasteiger partial charge in [0.15, 0.2) is 0 Å². The molecule has 0 bridgehead atoms. The van der Waals surface area contributed by atoms with Crippen LogP contribution in [-0.2, 0) is 6.54 Å². The Morgan fingerprint density at radius 1 is 1.04 bits per heavy atom. The Bertz CT molecular complexity index is 680. The minimum Gasteiger partial charge on any atom is -0.494 e. The maximum atomic E-state index is 12.7. The van der Waals surface area contributed by atoms with Crippen LogP contribution >= 0.6 is 0 Å². The van der Waals surface area contributed by atoms with E-state index in [4.69, 9.17) is 9.47 Å². The molecule has 25 heavy (non-hydrogen) atoms. The van der Waals surface area contributed by atoms with Gasteiger partial charge in [-0.15, -0.1) is 0 Å². The standard InChI is InChI=1S/C21H27NO3/c1-5-24-19-11-9-17(10-12-19)14-22(4)21(23)18-7-6-8-20(13-18)25-15-16(2)3/h6-13,16H,5,14-15H2,1-4H3. The van der Waals surface area contributed by atoms with Crippen molar-refractivity contribution in [1.29, 1.82) is 0 Å². The summed E-state index contributed by atoms with van der Waals surface area (Å²) in [6.45, 7) is 7.98. The second kappa shape index (κ2) is 9.11. The highest BCUT2D eigenvalue weighted by atomic mass is 16.5. The van der Waals surface area contributed by atoms with Crippen LogP contribution in [0.4, 0.5) is 0 Å². The first-order valence-corrected chi connectivity index (χ1v) is 8.69. The van der Waals surface area contributed by atoms with Gasteiger partial charge in [-0.05, 0) is 48.7 Å². The molecule has 0 spiro atoms. The van der Waals surface area contributed by atoms with Gasteiger partial charge in [0, 0.05) is 19.2 Å². The molecule has 1 amide bonds. The molecule has 4 heteroatoms. The first-order chi connectivity index (χ1) is 12.0. The lowest BCUT2D eigenvalue weighted by Gasteiger charge is -2.18. The fourth-order valence-electron chi connectivity index (χ4n) is 2.41. The minimum atomic E-state index is -0.0242. The van der Waals surface area contributed by atoms with Gasteiger partial charge in [-0.1, -0.05) is 32.0 Å². The molecule has 134 valence electrons. The summed E-state index contributed by atoms with van der Waals surface area (Å²) < 4.78 is 11.1. The van der Waals surface area contributed by atoms with Crippen LogP contribution in [0.5, 0.6) is 11.5 Å². The fraction of sp³-hybridized carbons (Fsp3) is 0.381. The molecule has 0 fully saturated rings. The number of carbonyl (C=O) groups is 1. The fourth-order valence-corrected chi connectivity index (χ4v) is 2.41. The molecular weight excluding hydrogens is 314 g/mol. The van der Waals surface area contributed by atoms with Gasteiger partial charge >= 0.3 is 0 Å². The Labute approximate surface area is 150 Å². The van der Waals surface area contributed by atoms with E-state index >= 15 is 0 Å². The average Bonchev–Trinajstić information content (AvgIpc) is 2.61. The zero-order valence-corrected chi connectivity index (χ0v) is 15.5. The predicted octanol–water partition coefficient (Wildman–Crippen LogP) is 4.39. The molecule has 2 aromatic rings. The molecule has 0 unspecified atom stereocenters. The number of ether oxygens (including phenoxy) is 2. The molecule has 0 heterocycles. The van der Waals surface area contributed by atoms with Crippen LogP contribution in [0.1, 0.15) is 36.7 Å². The molecule has 4 nitrogen and oxygen atoms in total. The summed E-state index contributed by atoms with van der Waals surface area (Å²) in [6, 6.07) is 15.2. The summed E-state index contributed by atoms with van der Waals surface area (Å²) in [5.41, 5.74) is 1.70. The average molecular weight is 341 g/mol. The molecule has 0 N–H and O–H groups in total. The van der Waals surface area contributed by atoms with Gasteiger partial charge in [0.05, 0.1) is 13.2 Å². The Balaban J connectivity index is 2.00. The third kappa shape index (κ3) is 5.82. The largest absolute Gasteiger partial charge is 0.494 e. The molecule has 0 radical (unpaired) electrons. The summed E-state index contributed by atoms with van der Waals surface area (Å²) in [4.78, 5) is 14.4. The highest BCUT2D eigenvalue weighted by Gasteiger charge is 2.13. The van der Waals surface area contributed by atoms with E-state index in [1.165, 1.54) is 0 Å². The van der Waals surface area contributed by atoms with Crippen molar-refractivity contribution < 1.29 is 14.3 Å². The molecule has 0 aliphatic carbocycles. The van der Waals surface area contributed by atoms with Crippen molar-refractivity contribution in [3.63, 3.8) is 0 Å². The summed E-state index contributed by atoms with van der Waals surface area (Å²) in [6.07, 6.45) is 0.